The van der Waals surface area contributed by atoms with Crippen LogP contribution in [0.3, 0.4) is 0 Å². The van der Waals surface area contributed by atoms with E-state index in [1.165, 1.54) is 12.2 Å². The van der Waals surface area contributed by atoms with Crippen LogP contribution in [0.15, 0.2) is 36.3 Å². The van der Waals surface area contributed by atoms with Crippen molar-refractivity contribution in [2.45, 2.75) is 181 Å². The quantitative estimate of drug-likeness (QED) is 0.0808. The van der Waals surface area contributed by atoms with Gasteiger partial charge < -0.3 is 62.0 Å². The fraction of sp³-hybridized carbons (Fsp3) is 0.809. The standard InChI is InChI=1S/C24H41NO6.C23H39NO7/c1-11-12-24(7,27-10)21(17(4)19-14-20(26)31-23(5,6)30-19)29-22-16(3)18(25(8)9)13-15(2)28-22;1-14-12-17(24(7)8)15(2)21(28-14)29-20(23(6,27-9)10-11-25)16(3)18-13-19(26)31-22(4,5)30-18/h11,14-18,21-22H,1,12-13H2,2-10H3;11,13-17,20-21H,10,12H2,1-9H3/t15?,16?,17-,18?,21-,22+,24-;14?,15?,16-,17?,20-,21+,23-/m11/s1. The summed E-state index contributed by atoms with van der Waals surface area (Å²) in [6.07, 6.45) is 5.97. The van der Waals surface area contributed by atoms with Crippen molar-refractivity contribution in [3.63, 3.8) is 0 Å². The first-order valence-electron chi connectivity index (χ1n) is 22.0. The highest BCUT2D eigenvalue weighted by Gasteiger charge is 2.49. The molecule has 62 heavy (non-hydrogen) atoms. The van der Waals surface area contributed by atoms with Crippen molar-refractivity contribution in [2.24, 2.45) is 23.7 Å². The molecule has 15 nitrogen and oxygen atoms in total. The Kier molecular flexibility index (Phi) is 18.8. The SMILES string of the molecule is C=CC[C@@](C)(OC)[C@H](O[C@@H]1OC(C)CC(N(C)C)C1C)[C@H](C)C1=CC(=O)OC(C)(C)O1.CO[C@](C)(CC=O)[C@H](O[C@@H]1OC(C)CC(N(C)C)C1C)[C@H](C)C1=CC(=O)OC(C)(C)O1. The number of methoxy groups -OCH3 is 2. The molecule has 0 amide bonds. The van der Waals surface area contributed by atoms with E-state index in [9.17, 15) is 14.4 Å². The van der Waals surface area contributed by atoms with E-state index in [1.54, 1.807) is 41.9 Å². The van der Waals surface area contributed by atoms with Crippen LogP contribution in [0, 0.1) is 23.7 Å². The number of carbonyl (C=O) groups excluding carboxylic acids is 3. The number of cyclic esters (lactones) is 2. The van der Waals surface area contributed by atoms with Gasteiger partial charge in [0.2, 0.25) is 11.6 Å². The van der Waals surface area contributed by atoms with E-state index in [0.717, 1.165) is 19.1 Å². The zero-order chi connectivity index (χ0) is 47.1. The third-order valence-electron chi connectivity index (χ3n) is 12.8. The Morgan fingerprint density at radius 1 is 0.710 bits per heavy atom. The minimum atomic E-state index is -1.09. The van der Waals surface area contributed by atoms with E-state index >= 15 is 0 Å². The molecule has 4 heterocycles. The lowest BCUT2D eigenvalue weighted by atomic mass is 9.84. The molecule has 14 atom stereocenters. The third-order valence-corrected chi connectivity index (χ3v) is 12.8. The molecule has 0 spiro atoms. The van der Waals surface area contributed by atoms with Crippen molar-refractivity contribution >= 4 is 18.2 Å². The van der Waals surface area contributed by atoms with Crippen molar-refractivity contribution in [3.8, 4) is 0 Å². The maximum atomic E-state index is 12.2. The second-order valence-electron chi connectivity index (χ2n) is 19.4. The molecule has 0 N–H and O–H groups in total. The molecule has 356 valence electrons. The first-order valence-corrected chi connectivity index (χ1v) is 22.0. The van der Waals surface area contributed by atoms with Crippen LogP contribution in [-0.2, 0) is 61.8 Å². The Hall–Kier alpha value is -2.89. The zero-order valence-corrected chi connectivity index (χ0v) is 41.0. The van der Waals surface area contributed by atoms with Gasteiger partial charge in [0, 0.05) is 84.1 Å². The summed E-state index contributed by atoms with van der Waals surface area (Å²) in [6.45, 7) is 26.7. The lowest BCUT2D eigenvalue weighted by Crippen LogP contribution is -2.55. The van der Waals surface area contributed by atoms with Gasteiger partial charge in [0.05, 0.1) is 47.8 Å². The van der Waals surface area contributed by atoms with Crippen molar-refractivity contribution in [2.75, 3.05) is 42.4 Å². The fourth-order valence-electron chi connectivity index (χ4n) is 9.11. The predicted molar refractivity (Wildman–Crippen MR) is 234 cm³/mol. The number of hydrogen-bond acceptors (Lipinski definition) is 15. The molecule has 0 aromatic heterocycles. The molecule has 0 aliphatic carbocycles. The number of carbonyl (C=O) groups is 3. The molecule has 2 saturated heterocycles. The summed E-state index contributed by atoms with van der Waals surface area (Å²) in [5, 5.41) is 0. The van der Waals surface area contributed by atoms with E-state index in [-0.39, 0.29) is 42.4 Å². The average molecular weight is 881 g/mol. The van der Waals surface area contributed by atoms with Crippen molar-refractivity contribution < 1.29 is 61.8 Å². The largest absolute Gasteiger partial charge is 0.456 e. The Balaban J connectivity index is 0.000000330. The number of rotatable bonds is 18. The smallest absolute Gasteiger partial charge is 0.337 e. The number of ether oxygens (including phenoxy) is 10. The van der Waals surface area contributed by atoms with Gasteiger partial charge in [-0.1, -0.05) is 33.8 Å². The van der Waals surface area contributed by atoms with Gasteiger partial charge in [-0.05, 0) is 75.1 Å². The lowest BCUT2D eigenvalue weighted by molar-refractivity contribution is -0.283. The van der Waals surface area contributed by atoms with Crippen LogP contribution in [0.2, 0.25) is 0 Å². The number of nitrogens with zero attached hydrogens (tertiary/aromatic N) is 2. The van der Waals surface area contributed by atoms with Gasteiger partial charge in [0.25, 0.3) is 0 Å². The summed E-state index contributed by atoms with van der Waals surface area (Å²) >= 11 is 0. The molecule has 4 rings (SSSR count). The van der Waals surface area contributed by atoms with Crippen LogP contribution in [0.5, 0.6) is 0 Å². The van der Waals surface area contributed by atoms with Crippen LogP contribution in [0.25, 0.3) is 0 Å². The topological polar surface area (TPSA) is 150 Å². The molecular formula is C47H80N2O13. The van der Waals surface area contributed by atoms with E-state index in [4.69, 9.17) is 47.4 Å². The Bertz CT molecular complexity index is 1470. The summed E-state index contributed by atoms with van der Waals surface area (Å²) in [6, 6.07) is 0.612. The Labute approximate surface area is 372 Å². The monoisotopic (exact) mass is 881 g/mol. The molecule has 4 aliphatic heterocycles. The van der Waals surface area contributed by atoms with Crippen LogP contribution < -0.4 is 0 Å². The first-order chi connectivity index (χ1) is 28.7. The third kappa shape index (κ3) is 13.6. The molecule has 15 heteroatoms. The summed E-state index contributed by atoms with van der Waals surface area (Å²) in [5.74, 6) is -2.55. The molecule has 2 fully saturated rings. The highest BCUT2D eigenvalue weighted by atomic mass is 16.7. The molecular weight excluding hydrogens is 801 g/mol. The summed E-state index contributed by atoms with van der Waals surface area (Å²) < 4.78 is 59.9. The maximum absolute atomic E-state index is 12.2. The molecule has 0 aromatic rings. The normalized spacial score (nSPS) is 32.3. The molecule has 6 unspecified atom stereocenters. The number of aldehydes is 1. The maximum Gasteiger partial charge on any atom is 0.337 e. The van der Waals surface area contributed by atoms with Crippen molar-refractivity contribution in [1.82, 2.24) is 9.80 Å². The minimum Gasteiger partial charge on any atom is -0.456 e. The number of esters is 2. The van der Waals surface area contributed by atoms with Crippen LogP contribution in [-0.4, -0.2) is 142 Å². The van der Waals surface area contributed by atoms with Gasteiger partial charge in [-0.3, -0.25) is 0 Å². The molecule has 4 aliphatic rings. The van der Waals surface area contributed by atoms with Gasteiger partial charge in [0.1, 0.15) is 17.8 Å². The Morgan fingerprint density at radius 3 is 1.35 bits per heavy atom. The van der Waals surface area contributed by atoms with Gasteiger partial charge in [-0.15, -0.1) is 6.58 Å². The lowest BCUT2D eigenvalue weighted by Gasteiger charge is -2.47. The van der Waals surface area contributed by atoms with E-state index in [1.807, 2.05) is 40.7 Å². The minimum absolute atomic E-state index is 0.0171. The van der Waals surface area contributed by atoms with Crippen molar-refractivity contribution in [3.05, 3.63) is 36.3 Å². The highest BCUT2D eigenvalue weighted by Crippen LogP contribution is 2.41. The average Bonchev–Trinajstić information content (AvgIpc) is 3.16. The van der Waals surface area contributed by atoms with Gasteiger partial charge in [0.15, 0.2) is 12.6 Å². The van der Waals surface area contributed by atoms with E-state index < -0.39 is 65.4 Å². The number of hydrogen-bond donors (Lipinski definition) is 0. The molecule has 0 saturated carbocycles. The van der Waals surface area contributed by atoms with Gasteiger partial charge in [-0.2, -0.15) is 0 Å². The fourth-order valence-corrected chi connectivity index (χ4v) is 9.11. The van der Waals surface area contributed by atoms with Crippen LogP contribution in [0.1, 0.15) is 109 Å². The molecule has 0 radical (unpaired) electrons. The first kappa shape index (κ1) is 53.4. The summed E-state index contributed by atoms with van der Waals surface area (Å²) in [7, 11) is 11.5. The molecule has 0 aromatic carbocycles. The van der Waals surface area contributed by atoms with Gasteiger partial charge >= 0.3 is 11.9 Å². The van der Waals surface area contributed by atoms with Crippen molar-refractivity contribution in [1.29, 1.82) is 0 Å². The summed E-state index contributed by atoms with van der Waals surface area (Å²) in [4.78, 5) is 40.2. The van der Waals surface area contributed by atoms with E-state index in [2.05, 4.69) is 65.3 Å². The van der Waals surface area contributed by atoms with E-state index in [0.29, 0.717) is 24.0 Å². The second kappa shape index (κ2) is 21.9. The molecule has 0 bridgehead atoms. The second-order valence-corrected chi connectivity index (χ2v) is 19.4. The van der Waals surface area contributed by atoms with Crippen LogP contribution >= 0.6 is 0 Å². The highest BCUT2D eigenvalue weighted by molar-refractivity contribution is 5.84. The zero-order valence-electron chi connectivity index (χ0n) is 41.0. The summed E-state index contributed by atoms with van der Waals surface area (Å²) in [5.41, 5.74) is -1.65. The van der Waals surface area contributed by atoms with Gasteiger partial charge in [-0.25, -0.2) is 9.59 Å². The van der Waals surface area contributed by atoms with Crippen LogP contribution in [0.4, 0.5) is 0 Å². The predicted octanol–water partition coefficient (Wildman–Crippen LogP) is 6.78. The Morgan fingerprint density at radius 2 is 1.06 bits per heavy atom.